The van der Waals surface area contributed by atoms with Crippen LogP contribution in [0.4, 0.5) is 10.2 Å². The molecule has 41 heavy (non-hydrogen) atoms. The summed E-state index contributed by atoms with van der Waals surface area (Å²) in [6, 6.07) is 3.68. The number of pyridine rings is 1. The normalized spacial score (nSPS) is 22.3. The number of methoxy groups -OCH3 is 1. The highest BCUT2D eigenvalue weighted by Crippen LogP contribution is 2.47. The van der Waals surface area contributed by atoms with Crippen molar-refractivity contribution in [3.05, 3.63) is 47.3 Å². The molecule has 0 radical (unpaired) electrons. The van der Waals surface area contributed by atoms with E-state index in [0.29, 0.717) is 32.1 Å². The Morgan fingerprint density at radius 3 is 2.80 bits per heavy atom. The molecule has 1 aromatic carbocycles. The van der Waals surface area contributed by atoms with Gasteiger partial charge in [-0.3, -0.25) is 14.5 Å². The molecule has 3 aliphatic rings. The molecule has 0 spiro atoms. The smallest absolute Gasteiger partial charge is 0.261 e. The molecule has 2 fully saturated rings. The minimum atomic E-state index is -0.701. The summed E-state index contributed by atoms with van der Waals surface area (Å²) in [5, 5.41) is 10.6. The molecule has 1 N–H and O–H groups in total. The number of rotatable bonds is 7. The van der Waals surface area contributed by atoms with E-state index in [4.69, 9.17) is 26.1 Å². The van der Waals surface area contributed by atoms with E-state index in [2.05, 4.69) is 18.4 Å². The van der Waals surface area contributed by atoms with E-state index in [0.717, 1.165) is 13.0 Å². The molecule has 0 aliphatic carbocycles. The maximum atomic E-state index is 15.1. The van der Waals surface area contributed by atoms with Crippen molar-refractivity contribution < 1.29 is 28.6 Å². The van der Waals surface area contributed by atoms with Crippen molar-refractivity contribution in [1.29, 1.82) is 0 Å². The first-order valence-corrected chi connectivity index (χ1v) is 14.1. The molecule has 3 atom stereocenters. The fraction of sp³-hybridized carbons (Fsp3) is 0.483. The van der Waals surface area contributed by atoms with Gasteiger partial charge in [0.15, 0.2) is 5.75 Å². The van der Waals surface area contributed by atoms with Crippen LogP contribution in [-0.2, 0) is 9.53 Å². The molecule has 3 aliphatic heterocycles. The topological polar surface area (TPSA) is 98.7 Å². The molecule has 5 rings (SSSR count). The Bertz CT molecular complexity index is 1340. The van der Waals surface area contributed by atoms with E-state index in [1.54, 1.807) is 16.9 Å². The predicted octanol–water partition coefficient (Wildman–Crippen LogP) is 3.02. The fourth-order valence-corrected chi connectivity index (χ4v) is 6.22. The van der Waals surface area contributed by atoms with Crippen LogP contribution >= 0.6 is 11.6 Å². The van der Waals surface area contributed by atoms with Crippen LogP contribution in [0, 0.1) is 5.82 Å². The Hall–Kier alpha value is -3.41. The fourth-order valence-electron chi connectivity index (χ4n) is 5.93. The zero-order chi connectivity index (χ0) is 29.4. The van der Waals surface area contributed by atoms with Crippen molar-refractivity contribution >= 4 is 29.2 Å². The standard InChI is InChI=1S/C29H35ClFN5O5/c1-5-22(38)34-9-10-35-19(14-34)16-41-27-24(29(35)39)28(36-15-18(13-17(36)2)33(3)11-12-40-4)32-26(25(27)30)23-20(31)7-6-8-21(23)37/h5-8,17-19,37H,1,9-16H2,2-4H3/t17-,18?,19+/m0/s1. The number of anilines is 1. The average Bonchev–Trinajstić information content (AvgIpc) is 3.28. The Morgan fingerprint density at radius 2 is 2.10 bits per heavy atom. The molecule has 2 aromatic rings. The molecule has 0 saturated carbocycles. The summed E-state index contributed by atoms with van der Waals surface area (Å²) < 4.78 is 26.6. The summed E-state index contributed by atoms with van der Waals surface area (Å²) in [4.78, 5) is 38.9. The Kier molecular flexibility index (Phi) is 8.40. The molecular weight excluding hydrogens is 553 g/mol. The summed E-state index contributed by atoms with van der Waals surface area (Å²) in [6.45, 7) is 8.51. The number of likely N-dealkylation sites (N-methyl/N-ethyl adjacent to an activating group) is 1. The molecule has 4 heterocycles. The van der Waals surface area contributed by atoms with Crippen LogP contribution in [0.15, 0.2) is 30.9 Å². The number of aromatic nitrogens is 1. The molecule has 2 saturated heterocycles. The van der Waals surface area contributed by atoms with Gasteiger partial charge in [-0.1, -0.05) is 24.2 Å². The number of fused-ring (bicyclic) bond motifs is 2. The minimum Gasteiger partial charge on any atom is -0.507 e. The van der Waals surface area contributed by atoms with Crippen molar-refractivity contribution in [3.63, 3.8) is 0 Å². The highest BCUT2D eigenvalue weighted by Gasteiger charge is 2.43. The Morgan fingerprint density at radius 1 is 1.32 bits per heavy atom. The number of piperazine rings is 1. The third kappa shape index (κ3) is 5.33. The van der Waals surface area contributed by atoms with Crippen LogP contribution in [-0.4, -0.2) is 115 Å². The third-order valence-corrected chi connectivity index (χ3v) is 8.61. The number of aromatic hydroxyl groups is 1. The average molecular weight is 588 g/mol. The van der Waals surface area contributed by atoms with Gasteiger partial charge in [0, 0.05) is 51.9 Å². The number of ether oxygens (including phenoxy) is 2. The molecule has 12 heteroatoms. The van der Waals surface area contributed by atoms with Crippen molar-refractivity contribution in [3.8, 4) is 22.8 Å². The van der Waals surface area contributed by atoms with Crippen LogP contribution in [0.5, 0.6) is 11.5 Å². The summed E-state index contributed by atoms with van der Waals surface area (Å²) in [7, 11) is 3.69. The zero-order valence-corrected chi connectivity index (χ0v) is 24.2. The maximum absolute atomic E-state index is 15.1. The van der Waals surface area contributed by atoms with Crippen molar-refractivity contribution in [2.75, 3.05) is 65.0 Å². The number of phenolic OH excluding ortho intramolecular Hbond substituents is 1. The number of carbonyl (C=O) groups excluding carboxylic acids is 2. The first-order chi connectivity index (χ1) is 19.7. The first kappa shape index (κ1) is 29.1. The second-order valence-corrected chi connectivity index (χ2v) is 11.1. The van der Waals surface area contributed by atoms with Gasteiger partial charge in [0.1, 0.15) is 40.3 Å². The largest absolute Gasteiger partial charge is 0.507 e. The van der Waals surface area contributed by atoms with Gasteiger partial charge in [0.25, 0.3) is 5.91 Å². The van der Waals surface area contributed by atoms with Crippen molar-refractivity contribution in [2.24, 2.45) is 0 Å². The van der Waals surface area contributed by atoms with Gasteiger partial charge in [0.05, 0.1) is 18.2 Å². The van der Waals surface area contributed by atoms with Gasteiger partial charge in [0.2, 0.25) is 5.91 Å². The molecular formula is C29H35ClFN5O5. The van der Waals surface area contributed by atoms with Gasteiger partial charge in [-0.15, -0.1) is 0 Å². The van der Waals surface area contributed by atoms with Gasteiger partial charge >= 0.3 is 0 Å². The summed E-state index contributed by atoms with van der Waals surface area (Å²) in [5.41, 5.74) is 0.0334. The van der Waals surface area contributed by atoms with Gasteiger partial charge in [-0.2, -0.15) is 0 Å². The van der Waals surface area contributed by atoms with E-state index >= 15 is 4.39 Å². The van der Waals surface area contributed by atoms with E-state index in [-0.39, 0.29) is 70.4 Å². The summed E-state index contributed by atoms with van der Waals surface area (Å²) in [5.74, 6) is -1.14. The number of amides is 2. The Balaban J connectivity index is 1.62. The Labute approximate surface area is 243 Å². The molecule has 1 unspecified atom stereocenters. The number of hydrogen-bond donors (Lipinski definition) is 1. The first-order valence-electron chi connectivity index (χ1n) is 13.7. The summed E-state index contributed by atoms with van der Waals surface area (Å²) in [6.07, 6.45) is 2.06. The SMILES string of the molecule is C=CC(=O)N1CCN2C(=O)c3c(N4CC(N(C)CCOC)C[C@@H]4C)nc(-c4c(O)cccc4F)c(Cl)c3OC[C@H]2C1. The predicted molar refractivity (Wildman–Crippen MR) is 153 cm³/mol. The number of hydrogen-bond acceptors (Lipinski definition) is 8. The van der Waals surface area contributed by atoms with Crippen molar-refractivity contribution in [1.82, 2.24) is 19.7 Å². The van der Waals surface area contributed by atoms with Crippen LogP contribution < -0.4 is 9.64 Å². The molecule has 10 nitrogen and oxygen atoms in total. The number of phenols is 1. The van der Waals surface area contributed by atoms with Crippen LogP contribution in [0.3, 0.4) is 0 Å². The van der Waals surface area contributed by atoms with E-state index in [9.17, 15) is 14.7 Å². The van der Waals surface area contributed by atoms with E-state index in [1.165, 1.54) is 24.3 Å². The second kappa shape index (κ2) is 11.8. The molecule has 1 aromatic heterocycles. The van der Waals surface area contributed by atoms with Gasteiger partial charge < -0.3 is 29.3 Å². The number of carbonyl (C=O) groups is 2. The lowest BCUT2D eigenvalue weighted by Crippen LogP contribution is -2.57. The molecule has 2 amide bonds. The number of halogens is 2. The van der Waals surface area contributed by atoms with Gasteiger partial charge in [-0.05, 0) is 38.6 Å². The molecule has 0 bridgehead atoms. The highest BCUT2D eigenvalue weighted by molar-refractivity contribution is 6.35. The highest BCUT2D eigenvalue weighted by atomic mass is 35.5. The van der Waals surface area contributed by atoms with Crippen LogP contribution in [0.2, 0.25) is 5.02 Å². The lowest BCUT2D eigenvalue weighted by molar-refractivity contribution is -0.128. The van der Waals surface area contributed by atoms with E-state index in [1.807, 2.05) is 11.9 Å². The van der Waals surface area contributed by atoms with Crippen molar-refractivity contribution in [2.45, 2.75) is 31.5 Å². The number of benzene rings is 1. The van der Waals surface area contributed by atoms with Gasteiger partial charge in [-0.25, -0.2) is 9.37 Å². The second-order valence-electron chi connectivity index (χ2n) is 10.8. The lowest BCUT2D eigenvalue weighted by Gasteiger charge is -2.39. The maximum Gasteiger partial charge on any atom is 0.261 e. The lowest BCUT2D eigenvalue weighted by atomic mass is 10.0. The summed E-state index contributed by atoms with van der Waals surface area (Å²) >= 11 is 6.84. The minimum absolute atomic E-state index is 0.00413. The van der Waals surface area contributed by atoms with E-state index < -0.39 is 11.9 Å². The van der Waals surface area contributed by atoms with Crippen LogP contribution in [0.1, 0.15) is 23.7 Å². The third-order valence-electron chi connectivity index (χ3n) is 8.26. The number of nitrogens with zero attached hydrogens (tertiary/aromatic N) is 5. The molecule has 220 valence electrons. The van der Waals surface area contributed by atoms with Crippen LogP contribution in [0.25, 0.3) is 11.3 Å². The quantitative estimate of drug-likeness (QED) is 0.494. The zero-order valence-electron chi connectivity index (χ0n) is 23.5. The monoisotopic (exact) mass is 587 g/mol.